The normalized spacial score (nSPS) is 0. The molecule has 0 nitrogen and oxygen atoms in total. The SMILES string of the molecule is [Cr].[Cu].[Sn].[Zn]. The predicted octanol–water partition coefficient (Wildman–Crippen LogP) is -0.388. The van der Waals surface area contributed by atoms with E-state index in [0.717, 1.165) is 0 Å². The van der Waals surface area contributed by atoms with E-state index in [1.165, 1.54) is 0 Å². The summed E-state index contributed by atoms with van der Waals surface area (Å²) in [4.78, 5) is 0. The maximum absolute atomic E-state index is 0. The average molecular weight is 300 g/mol. The standard InChI is InChI=1S/Cr.Cu.Sn.Zn. The fraction of sp³-hybridized carbons (Fsp3) is 0. The van der Waals surface area contributed by atoms with E-state index in [9.17, 15) is 0 Å². The maximum Gasteiger partial charge on any atom is 0 e. The van der Waals surface area contributed by atoms with Gasteiger partial charge in [0.05, 0.1) is 0 Å². The molecule has 0 saturated carbocycles. The van der Waals surface area contributed by atoms with Gasteiger partial charge in [-0.25, -0.2) is 0 Å². The minimum atomic E-state index is 0. The Hall–Kier alpha value is 2.47. The van der Waals surface area contributed by atoms with Gasteiger partial charge < -0.3 is 0 Å². The van der Waals surface area contributed by atoms with E-state index in [4.69, 9.17) is 0 Å². The molecule has 0 heterocycles. The maximum atomic E-state index is 0. The molecule has 0 aliphatic heterocycles. The molecule has 0 atom stereocenters. The van der Waals surface area contributed by atoms with Crippen LogP contribution in [-0.2, 0) is 53.9 Å². The molecule has 0 amide bonds. The molecule has 4 heteroatoms. The summed E-state index contributed by atoms with van der Waals surface area (Å²) in [5.74, 6) is 0. The molecule has 0 bridgehead atoms. The van der Waals surface area contributed by atoms with Crippen LogP contribution < -0.4 is 0 Å². The van der Waals surface area contributed by atoms with Crippen LogP contribution in [0.25, 0.3) is 0 Å². The summed E-state index contributed by atoms with van der Waals surface area (Å²) in [6.07, 6.45) is 0. The Kier molecular flexibility index (Phi) is 142. The van der Waals surface area contributed by atoms with Crippen molar-refractivity contribution in [1.29, 1.82) is 0 Å². The molecule has 0 saturated heterocycles. The van der Waals surface area contributed by atoms with Crippen molar-refractivity contribution in [3.05, 3.63) is 0 Å². The third-order valence-corrected chi connectivity index (χ3v) is 0. The Bertz CT molecular complexity index is 8.00. The van der Waals surface area contributed by atoms with Crippen LogP contribution in [0.15, 0.2) is 0 Å². The van der Waals surface area contributed by atoms with Crippen molar-refractivity contribution in [2.75, 3.05) is 0 Å². The third kappa shape index (κ3) is 8.82. The molecule has 0 rings (SSSR count). The monoisotopic (exact) mass is 299 g/mol. The predicted molar refractivity (Wildman–Crippen MR) is 5.75 cm³/mol. The van der Waals surface area contributed by atoms with Crippen LogP contribution in [0.3, 0.4) is 0 Å². The van der Waals surface area contributed by atoms with Crippen LogP contribution in [0, 0.1) is 0 Å². The van der Waals surface area contributed by atoms with Crippen molar-refractivity contribution < 1.29 is 53.9 Å². The van der Waals surface area contributed by atoms with Crippen LogP contribution in [0.1, 0.15) is 0 Å². The molecule has 0 aromatic carbocycles. The van der Waals surface area contributed by atoms with Crippen molar-refractivity contribution >= 4 is 23.9 Å². The number of hydrogen-bond acceptors (Lipinski definition) is 0. The smallest absolute Gasteiger partial charge is 0 e. The van der Waals surface area contributed by atoms with E-state index >= 15 is 0 Å². The Morgan fingerprint density at radius 3 is 1.00 bits per heavy atom. The molecule has 0 N–H and O–H groups in total. The zero-order chi connectivity index (χ0) is 0. The van der Waals surface area contributed by atoms with Crippen LogP contribution in [-0.4, -0.2) is 23.9 Å². The van der Waals surface area contributed by atoms with E-state index in [2.05, 4.69) is 0 Å². The summed E-state index contributed by atoms with van der Waals surface area (Å²) in [7, 11) is 0. The molecule has 0 aromatic rings. The first kappa shape index (κ1) is 31.7. The van der Waals surface area contributed by atoms with Crippen LogP contribution in [0.4, 0.5) is 0 Å². The second-order valence-corrected chi connectivity index (χ2v) is 0. The molecule has 0 aromatic heterocycles. The van der Waals surface area contributed by atoms with Gasteiger partial charge in [-0.2, -0.15) is 0 Å². The summed E-state index contributed by atoms with van der Waals surface area (Å²) in [6.45, 7) is 0. The Balaban J connectivity index is 0. The molecular weight excluding hydrogens is 300 g/mol. The summed E-state index contributed by atoms with van der Waals surface area (Å²) in [5, 5.41) is 0. The van der Waals surface area contributed by atoms with Crippen molar-refractivity contribution in [1.82, 2.24) is 0 Å². The van der Waals surface area contributed by atoms with Gasteiger partial charge in [0, 0.05) is 77.8 Å². The Morgan fingerprint density at radius 2 is 1.00 bits per heavy atom. The topological polar surface area (TPSA) is 0 Å². The molecule has 5 radical (unpaired) electrons. The summed E-state index contributed by atoms with van der Waals surface area (Å²) >= 11 is 0. The molecule has 0 unspecified atom stereocenters. The Labute approximate surface area is 76.8 Å². The first-order valence-electron chi connectivity index (χ1n) is 0. The fourth-order valence-electron chi connectivity index (χ4n) is 0. The minimum absolute atomic E-state index is 0. The van der Waals surface area contributed by atoms with Crippen LogP contribution in [0.2, 0.25) is 0 Å². The van der Waals surface area contributed by atoms with Crippen molar-refractivity contribution in [3.8, 4) is 0 Å². The molecular formula is CrCuSnZn. The van der Waals surface area contributed by atoms with Gasteiger partial charge in [0.25, 0.3) is 0 Å². The summed E-state index contributed by atoms with van der Waals surface area (Å²) in [6, 6.07) is 0. The molecule has 0 spiro atoms. The van der Waals surface area contributed by atoms with Crippen molar-refractivity contribution in [2.45, 2.75) is 0 Å². The molecule has 0 aliphatic carbocycles. The van der Waals surface area contributed by atoms with Gasteiger partial charge in [0.2, 0.25) is 0 Å². The van der Waals surface area contributed by atoms with Crippen LogP contribution >= 0.6 is 0 Å². The second kappa shape index (κ2) is 17.9. The average Bonchev–Trinajstić information content (AvgIpc) is 0. The summed E-state index contributed by atoms with van der Waals surface area (Å²) in [5.41, 5.74) is 0. The molecule has 0 aliphatic rings. The van der Waals surface area contributed by atoms with Gasteiger partial charge in [0.1, 0.15) is 0 Å². The second-order valence-electron chi connectivity index (χ2n) is 0. The minimum Gasteiger partial charge on any atom is 0 e. The van der Waals surface area contributed by atoms with Gasteiger partial charge in [-0.1, -0.05) is 0 Å². The van der Waals surface area contributed by atoms with E-state index < -0.39 is 0 Å². The van der Waals surface area contributed by atoms with E-state index in [0.29, 0.717) is 0 Å². The largest absolute Gasteiger partial charge is 0 e. The molecule has 0 fully saturated rings. The summed E-state index contributed by atoms with van der Waals surface area (Å²) < 4.78 is 0. The van der Waals surface area contributed by atoms with E-state index in [1.807, 2.05) is 0 Å². The number of rotatable bonds is 0. The van der Waals surface area contributed by atoms with E-state index in [1.54, 1.807) is 0 Å². The van der Waals surface area contributed by atoms with Gasteiger partial charge in [-0.05, 0) is 0 Å². The fourth-order valence-corrected chi connectivity index (χ4v) is 0. The van der Waals surface area contributed by atoms with Crippen LogP contribution in [0.5, 0.6) is 0 Å². The van der Waals surface area contributed by atoms with Gasteiger partial charge in [0.15, 0.2) is 0 Å². The number of hydrogen-bond donors (Lipinski definition) is 0. The van der Waals surface area contributed by atoms with Gasteiger partial charge >= 0.3 is 0 Å². The van der Waals surface area contributed by atoms with Crippen molar-refractivity contribution in [2.24, 2.45) is 0 Å². The first-order chi connectivity index (χ1) is 0. The van der Waals surface area contributed by atoms with Crippen molar-refractivity contribution in [3.63, 3.8) is 0 Å². The van der Waals surface area contributed by atoms with Gasteiger partial charge in [-0.15, -0.1) is 0 Å². The van der Waals surface area contributed by atoms with Gasteiger partial charge in [-0.3, -0.25) is 0 Å². The Morgan fingerprint density at radius 1 is 1.00 bits per heavy atom. The third-order valence-electron chi connectivity index (χ3n) is 0. The van der Waals surface area contributed by atoms with E-state index in [-0.39, 0.29) is 77.8 Å². The quantitative estimate of drug-likeness (QED) is 0.535. The first-order valence-corrected chi connectivity index (χ1v) is 0. The molecule has 4 heavy (non-hydrogen) atoms. The molecule has 23 valence electrons. The zero-order valence-electron chi connectivity index (χ0n) is 1.92. The zero-order valence-corrected chi connectivity index (χ0v) is 9.95.